The fourth-order valence-corrected chi connectivity index (χ4v) is 3.41. The second-order valence-electron chi connectivity index (χ2n) is 5.83. The summed E-state index contributed by atoms with van der Waals surface area (Å²) < 4.78 is 29.5. The molecule has 0 aliphatic heterocycles. The standard InChI is InChI=1S/C19H21NO5S/c1-3-25-17-10-8-16(9-11-17)20-19(22)13-26(23,24)12-18(21)15-6-4-14(2)5-7-15/h4-11H,3,12-13H2,1-2H3,(H,20,22). The van der Waals surface area contributed by atoms with Crippen LogP contribution in [0, 0.1) is 6.92 Å². The molecule has 26 heavy (non-hydrogen) atoms. The zero-order valence-electron chi connectivity index (χ0n) is 14.7. The van der Waals surface area contributed by atoms with Crippen molar-refractivity contribution in [2.75, 3.05) is 23.4 Å². The Morgan fingerprint density at radius 2 is 1.58 bits per heavy atom. The fourth-order valence-electron chi connectivity index (χ4n) is 2.27. The van der Waals surface area contributed by atoms with Crippen molar-refractivity contribution in [2.24, 2.45) is 0 Å². The van der Waals surface area contributed by atoms with Crippen molar-refractivity contribution in [1.29, 1.82) is 0 Å². The highest BCUT2D eigenvalue weighted by Crippen LogP contribution is 2.15. The number of ether oxygens (including phenoxy) is 1. The molecule has 2 aromatic carbocycles. The van der Waals surface area contributed by atoms with E-state index in [1.807, 2.05) is 13.8 Å². The molecule has 0 saturated carbocycles. The highest BCUT2D eigenvalue weighted by molar-refractivity contribution is 7.92. The first-order valence-corrected chi connectivity index (χ1v) is 9.94. The van der Waals surface area contributed by atoms with Gasteiger partial charge in [0, 0.05) is 11.3 Å². The van der Waals surface area contributed by atoms with E-state index in [1.165, 1.54) is 0 Å². The Morgan fingerprint density at radius 1 is 0.962 bits per heavy atom. The van der Waals surface area contributed by atoms with Crippen LogP contribution >= 0.6 is 0 Å². The van der Waals surface area contributed by atoms with Crippen LogP contribution in [0.25, 0.3) is 0 Å². The van der Waals surface area contributed by atoms with Gasteiger partial charge in [0.2, 0.25) is 5.91 Å². The van der Waals surface area contributed by atoms with Gasteiger partial charge in [-0.15, -0.1) is 0 Å². The summed E-state index contributed by atoms with van der Waals surface area (Å²) in [5.41, 5.74) is 1.74. The van der Waals surface area contributed by atoms with Crippen LogP contribution in [-0.4, -0.2) is 38.2 Å². The van der Waals surface area contributed by atoms with E-state index in [0.29, 0.717) is 23.6 Å². The van der Waals surface area contributed by atoms with Gasteiger partial charge in [0.15, 0.2) is 15.6 Å². The summed E-state index contributed by atoms with van der Waals surface area (Å²) in [5, 5.41) is 2.50. The zero-order chi connectivity index (χ0) is 19.2. The smallest absolute Gasteiger partial charge is 0.239 e. The van der Waals surface area contributed by atoms with Crippen molar-refractivity contribution in [1.82, 2.24) is 0 Å². The van der Waals surface area contributed by atoms with Gasteiger partial charge >= 0.3 is 0 Å². The number of carbonyl (C=O) groups is 2. The summed E-state index contributed by atoms with van der Waals surface area (Å²) in [6.07, 6.45) is 0. The van der Waals surface area contributed by atoms with Gasteiger partial charge in [-0.1, -0.05) is 29.8 Å². The fraction of sp³-hybridized carbons (Fsp3) is 0.263. The lowest BCUT2D eigenvalue weighted by atomic mass is 10.1. The van der Waals surface area contributed by atoms with E-state index >= 15 is 0 Å². The Bertz CT molecular complexity index is 871. The van der Waals surface area contributed by atoms with Crippen molar-refractivity contribution < 1.29 is 22.7 Å². The predicted molar refractivity (Wildman–Crippen MR) is 100 cm³/mol. The summed E-state index contributed by atoms with van der Waals surface area (Å²) in [7, 11) is -3.86. The number of hydrogen-bond donors (Lipinski definition) is 1. The summed E-state index contributed by atoms with van der Waals surface area (Å²) in [5.74, 6) is -2.02. The molecule has 2 rings (SSSR count). The zero-order valence-corrected chi connectivity index (χ0v) is 15.5. The quantitative estimate of drug-likeness (QED) is 0.717. The number of ketones is 1. The minimum Gasteiger partial charge on any atom is -0.494 e. The molecule has 6 nitrogen and oxygen atoms in total. The monoisotopic (exact) mass is 375 g/mol. The number of anilines is 1. The number of hydrogen-bond acceptors (Lipinski definition) is 5. The molecular weight excluding hydrogens is 354 g/mol. The minimum atomic E-state index is -3.86. The topological polar surface area (TPSA) is 89.5 Å². The molecule has 0 aliphatic rings. The maximum atomic E-state index is 12.1. The van der Waals surface area contributed by atoms with E-state index < -0.39 is 33.0 Å². The van der Waals surface area contributed by atoms with Gasteiger partial charge in [-0.25, -0.2) is 8.42 Å². The number of amides is 1. The van der Waals surface area contributed by atoms with Crippen LogP contribution in [0.15, 0.2) is 48.5 Å². The van der Waals surface area contributed by atoms with E-state index in [2.05, 4.69) is 5.32 Å². The third-order valence-electron chi connectivity index (χ3n) is 3.52. The van der Waals surface area contributed by atoms with E-state index in [0.717, 1.165) is 5.56 Å². The van der Waals surface area contributed by atoms with Crippen molar-refractivity contribution in [3.63, 3.8) is 0 Å². The maximum Gasteiger partial charge on any atom is 0.239 e. The van der Waals surface area contributed by atoms with Gasteiger partial charge in [-0.05, 0) is 38.1 Å². The molecule has 0 atom stereocenters. The summed E-state index contributed by atoms with van der Waals surface area (Å²) in [4.78, 5) is 24.1. The molecule has 0 radical (unpaired) electrons. The number of benzene rings is 2. The number of aryl methyl sites for hydroxylation is 1. The third kappa shape index (κ3) is 6.00. The second-order valence-corrected chi connectivity index (χ2v) is 7.89. The van der Waals surface area contributed by atoms with Crippen molar-refractivity contribution in [3.8, 4) is 5.75 Å². The van der Waals surface area contributed by atoms with Crippen molar-refractivity contribution in [2.45, 2.75) is 13.8 Å². The average molecular weight is 375 g/mol. The molecule has 1 N–H and O–H groups in total. The van der Waals surface area contributed by atoms with E-state index in [-0.39, 0.29) is 0 Å². The van der Waals surface area contributed by atoms with Gasteiger partial charge in [0.1, 0.15) is 17.3 Å². The number of carbonyl (C=O) groups excluding carboxylic acids is 2. The molecule has 0 spiro atoms. The van der Waals surface area contributed by atoms with Crippen LogP contribution < -0.4 is 10.1 Å². The second kappa shape index (κ2) is 8.62. The summed E-state index contributed by atoms with van der Waals surface area (Å²) in [6.45, 7) is 4.26. The Hall–Kier alpha value is -2.67. The first-order valence-electron chi connectivity index (χ1n) is 8.12. The van der Waals surface area contributed by atoms with Crippen LogP contribution in [0.2, 0.25) is 0 Å². The molecule has 0 aromatic heterocycles. The highest BCUT2D eigenvalue weighted by atomic mass is 32.2. The van der Waals surface area contributed by atoms with Gasteiger partial charge in [-0.3, -0.25) is 9.59 Å². The van der Waals surface area contributed by atoms with Crippen LogP contribution in [0.3, 0.4) is 0 Å². The van der Waals surface area contributed by atoms with Crippen molar-refractivity contribution in [3.05, 3.63) is 59.7 Å². The molecule has 0 unspecified atom stereocenters. The lowest BCUT2D eigenvalue weighted by Crippen LogP contribution is -2.27. The SMILES string of the molecule is CCOc1ccc(NC(=O)CS(=O)(=O)CC(=O)c2ccc(C)cc2)cc1. The lowest BCUT2D eigenvalue weighted by molar-refractivity contribution is -0.113. The third-order valence-corrected chi connectivity index (χ3v) is 4.93. The summed E-state index contributed by atoms with van der Waals surface area (Å²) in [6, 6.07) is 13.2. The highest BCUT2D eigenvalue weighted by Gasteiger charge is 2.21. The Labute approximate surface area is 153 Å². The van der Waals surface area contributed by atoms with Gasteiger partial charge < -0.3 is 10.1 Å². The maximum absolute atomic E-state index is 12.1. The van der Waals surface area contributed by atoms with E-state index in [4.69, 9.17) is 4.74 Å². The molecule has 2 aromatic rings. The first kappa shape index (κ1) is 19.7. The average Bonchev–Trinajstić information content (AvgIpc) is 2.56. The molecule has 0 saturated heterocycles. The Balaban J connectivity index is 1.94. The molecular formula is C19H21NO5S. The molecule has 0 bridgehead atoms. The number of rotatable bonds is 8. The van der Waals surface area contributed by atoms with E-state index in [9.17, 15) is 18.0 Å². The van der Waals surface area contributed by atoms with Crippen molar-refractivity contribution >= 4 is 27.2 Å². The largest absolute Gasteiger partial charge is 0.494 e. The van der Waals surface area contributed by atoms with Gasteiger partial charge in [0.05, 0.1) is 6.61 Å². The Kier molecular flexibility index (Phi) is 6.52. The molecule has 1 amide bonds. The normalized spacial score (nSPS) is 11.0. The molecule has 0 fully saturated rings. The first-order chi connectivity index (χ1) is 12.3. The lowest BCUT2D eigenvalue weighted by Gasteiger charge is -2.08. The number of nitrogens with one attached hydrogen (secondary N) is 1. The van der Waals surface area contributed by atoms with Crippen LogP contribution in [0.1, 0.15) is 22.8 Å². The number of sulfone groups is 1. The van der Waals surface area contributed by atoms with Crippen LogP contribution in [0.5, 0.6) is 5.75 Å². The summed E-state index contributed by atoms with van der Waals surface area (Å²) >= 11 is 0. The molecule has 7 heteroatoms. The van der Waals surface area contributed by atoms with E-state index in [1.54, 1.807) is 48.5 Å². The number of Topliss-reactive ketones (excluding diaryl/α,β-unsaturated/α-hetero) is 1. The molecule has 0 heterocycles. The van der Waals surface area contributed by atoms with Crippen LogP contribution in [-0.2, 0) is 14.6 Å². The molecule has 138 valence electrons. The van der Waals surface area contributed by atoms with Crippen LogP contribution in [0.4, 0.5) is 5.69 Å². The predicted octanol–water partition coefficient (Wildman–Crippen LogP) is 2.63. The van der Waals surface area contributed by atoms with Gasteiger partial charge in [-0.2, -0.15) is 0 Å². The molecule has 0 aliphatic carbocycles. The Morgan fingerprint density at radius 3 is 2.15 bits per heavy atom. The van der Waals surface area contributed by atoms with Gasteiger partial charge in [0.25, 0.3) is 0 Å². The minimum absolute atomic E-state index is 0.311.